The summed E-state index contributed by atoms with van der Waals surface area (Å²) in [5.41, 5.74) is 0.254. The van der Waals surface area contributed by atoms with Crippen LogP contribution in [-0.2, 0) is 14.3 Å². The van der Waals surface area contributed by atoms with Crippen LogP contribution in [0.2, 0.25) is 0 Å². The SMILES string of the molecule is CCOC(=O)c1cnc(SCC(=O)OCCOc2ccccc2)[nH]1. The second-order valence-electron chi connectivity index (χ2n) is 4.49. The molecule has 0 atom stereocenters. The molecule has 2 rings (SSSR count). The fraction of sp³-hybridized carbons (Fsp3) is 0.312. The molecular formula is C16H18N2O5S. The molecule has 0 aliphatic heterocycles. The summed E-state index contributed by atoms with van der Waals surface area (Å²) in [7, 11) is 0. The predicted molar refractivity (Wildman–Crippen MR) is 88.2 cm³/mol. The number of esters is 2. The average Bonchev–Trinajstić information content (AvgIpc) is 3.07. The van der Waals surface area contributed by atoms with Gasteiger partial charge in [0.2, 0.25) is 0 Å². The van der Waals surface area contributed by atoms with Crippen molar-refractivity contribution in [2.45, 2.75) is 12.1 Å². The van der Waals surface area contributed by atoms with Gasteiger partial charge in [0, 0.05) is 0 Å². The minimum absolute atomic E-state index is 0.0844. The van der Waals surface area contributed by atoms with Gasteiger partial charge in [-0.15, -0.1) is 0 Å². The van der Waals surface area contributed by atoms with Gasteiger partial charge in [-0.25, -0.2) is 9.78 Å². The van der Waals surface area contributed by atoms with E-state index in [1.54, 1.807) is 6.92 Å². The minimum Gasteiger partial charge on any atom is -0.490 e. The third kappa shape index (κ3) is 5.96. The summed E-state index contributed by atoms with van der Waals surface area (Å²) in [4.78, 5) is 29.9. The van der Waals surface area contributed by atoms with Crippen molar-refractivity contribution < 1.29 is 23.8 Å². The number of nitrogens with zero attached hydrogens (tertiary/aromatic N) is 1. The van der Waals surface area contributed by atoms with Gasteiger partial charge in [-0.2, -0.15) is 0 Å². The number of hydrogen-bond acceptors (Lipinski definition) is 7. The molecule has 0 saturated carbocycles. The first-order valence-electron chi connectivity index (χ1n) is 7.37. The van der Waals surface area contributed by atoms with Crippen LogP contribution in [0.3, 0.4) is 0 Å². The van der Waals surface area contributed by atoms with E-state index in [4.69, 9.17) is 14.2 Å². The summed E-state index contributed by atoms with van der Waals surface area (Å²) in [5, 5.41) is 0.454. The lowest BCUT2D eigenvalue weighted by atomic mass is 10.3. The molecule has 2 aromatic rings. The number of nitrogens with one attached hydrogen (secondary N) is 1. The van der Waals surface area contributed by atoms with Crippen molar-refractivity contribution >= 4 is 23.7 Å². The lowest BCUT2D eigenvalue weighted by Gasteiger charge is -2.06. The first-order valence-corrected chi connectivity index (χ1v) is 8.36. The zero-order valence-electron chi connectivity index (χ0n) is 13.2. The van der Waals surface area contributed by atoms with E-state index < -0.39 is 5.97 Å². The van der Waals surface area contributed by atoms with Crippen molar-refractivity contribution in [3.63, 3.8) is 0 Å². The summed E-state index contributed by atoms with van der Waals surface area (Å²) in [5.74, 6) is -0.0468. The monoisotopic (exact) mass is 350 g/mol. The predicted octanol–water partition coefficient (Wildman–Crippen LogP) is 2.30. The Hall–Kier alpha value is -2.48. The van der Waals surface area contributed by atoms with Gasteiger partial charge in [0.1, 0.15) is 24.7 Å². The van der Waals surface area contributed by atoms with Gasteiger partial charge in [0.15, 0.2) is 5.16 Å². The van der Waals surface area contributed by atoms with Gasteiger partial charge >= 0.3 is 11.9 Å². The standard InChI is InChI=1S/C16H18N2O5S/c1-2-21-15(20)13-10-17-16(18-13)24-11-14(19)23-9-8-22-12-6-4-3-5-7-12/h3-7,10H,2,8-9,11H2,1H3,(H,17,18). The molecule has 128 valence electrons. The Morgan fingerprint density at radius 2 is 1.96 bits per heavy atom. The van der Waals surface area contributed by atoms with Gasteiger partial charge in [-0.1, -0.05) is 30.0 Å². The Morgan fingerprint density at radius 1 is 1.17 bits per heavy atom. The quantitative estimate of drug-likeness (QED) is 0.421. The second-order valence-corrected chi connectivity index (χ2v) is 5.46. The molecule has 7 nitrogen and oxygen atoms in total. The van der Waals surface area contributed by atoms with Crippen LogP contribution in [0, 0.1) is 0 Å². The van der Waals surface area contributed by atoms with Crippen molar-refractivity contribution in [2.24, 2.45) is 0 Å². The number of ether oxygens (including phenoxy) is 3. The van der Waals surface area contributed by atoms with Crippen molar-refractivity contribution in [3.05, 3.63) is 42.2 Å². The number of thioether (sulfide) groups is 1. The molecule has 0 aliphatic carbocycles. The normalized spacial score (nSPS) is 10.2. The molecule has 24 heavy (non-hydrogen) atoms. The number of hydrogen-bond donors (Lipinski definition) is 1. The topological polar surface area (TPSA) is 90.5 Å². The molecule has 0 unspecified atom stereocenters. The highest BCUT2D eigenvalue weighted by Crippen LogP contribution is 2.14. The van der Waals surface area contributed by atoms with Crippen molar-refractivity contribution in [1.82, 2.24) is 9.97 Å². The molecule has 0 amide bonds. The van der Waals surface area contributed by atoms with Crippen LogP contribution in [0.4, 0.5) is 0 Å². The van der Waals surface area contributed by atoms with Crippen LogP contribution in [-0.4, -0.2) is 47.5 Å². The maximum atomic E-state index is 11.6. The number of aromatic nitrogens is 2. The van der Waals surface area contributed by atoms with E-state index >= 15 is 0 Å². The van der Waals surface area contributed by atoms with Crippen molar-refractivity contribution in [3.8, 4) is 5.75 Å². The molecule has 8 heteroatoms. The van der Waals surface area contributed by atoms with Crippen molar-refractivity contribution in [2.75, 3.05) is 25.6 Å². The lowest BCUT2D eigenvalue weighted by molar-refractivity contribution is -0.141. The maximum absolute atomic E-state index is 11.6. The van der Waals surface area contributed by atoms with Gasteiger partial charge < -0.3 is 19.2 Å². The largest absolute Gasteiger partial charge is 0.490 e. The number of rotatable bonds is 9. The Labute approximate surface area is 143 Å². The first-order chi connectivity index (χ1) is 11.7. The summed E-state index contributed by atoms with van der Waals surface area (Å²) in [6.45, 7) is 2.47. The van der Waals surface area contributed by atoms with Crippen LogP contribution < -0.4 is 4.74 Å². The molecule has 0 bridgehead atoms. The Balaban J connectivity index is 1.63. The summed E-state index contributed by atoms with van der Waals surface area (Å²) >= 11 is 1.15. The Bertz CT molecular complexity index is 659. The number of H-pyrrole nitrogens is 1. The summed E-state index contributed by atoms with van der Waals surface area (Å²) in [6.07, 6.45) is 1.37. The third-order valence-corrected chi connectivity index (χ3v) is 3.59. The van der Waals surface area contributed by atoms with E-state index in [1.165, 1.54) is 6.20 Å². The van der Waals surface area contributed by atoms with E-state index in [1.807, 2.05) is 30.3 Å². The number of imidazole rings is 1. The molecule has 0 radical (unpaired) electrons. The van der Waals surface area contributed by atoms with E-state index in [0.717, 1.165) is 17.5 Å². The van der Waals surface area contributed by atoms with Crippen LogP contribution >= 0.6 is 11.8 Å². The molecule has 1 N–H and O–H groups in total. The van der Waals surface area contributed by atoms with Gasteiger partial charge in [-0.3, -0.25) is 4.79 Å². The van der Waals surface area contributed by atoms with Crippen molar-refractivity contribution in [1.29, 1.82) is 0 Å². The number of carbonyl (C=O) groups is 2. The maximum Gasteiger partial charge on any atom is 0.356 e. The molecule has 0 aliphatic rings. The molecule has 1 heterocycles. The summed E-state index contributed by atoms with van der Waals surface area (Å²) < 4.78 is 15.3. The summed E-state index contributed by atoms with van der Waals surface area (Å²) in [6, 6.07) is 9.29. The van der Waals surface area contributed by atoms with E-state index in [-0.39, 0.29) is 37.2 Å². The van der Waals surface area contributed by atoms with Crippen LogP contribution in [0.15, 0.2) is 41.7 Å². The van der Waals surface area contributed by atoms with E-state index in [0.29, 0.717) is 5.16 Å². The minimum atomic E-state index is -0.475. The Kier molecular flexibility index (Phi) is 7.16. The first kappa shape index (κ1) is 17.9. The highest BCUT2D eigenvalue weighted by Gasteiger charge is 2.12. The lowest BCUT2D eigenvalue weighted by Crippen LogP contribution is -2.13. The van der Waals surface area contributed by atoms with Gasteiger partial charge in [0.05, 0.1) is 18.6 Å². The highest BCUT2D eigenvalue weighted by molar-refractivity contribution is 7.99. The fourth-order valence-corrected chi connectivity index (χ4v) is 2.34. The number of benzene rings is 1. The number of para-hydroxylation sites is 1. The third-order valence-electron chi connectivity index (χ3n) is 2.73. The zero-order chi connectivity index (χ0) is 17.2. The fourth-order valence-electron chi connectivity index (χ4n) is 1.69. The zero-order valence-corrected chi connectivity index (χ0v) is 14.0. The highest BCUT2D eigenvalue weighted by atomic mass is 32.2. The van der Waals surface area contributed by atoms with Gasteiger partial charge in [-0.05, 0) is 19.1 Å². The molecule has 1 aromatic heterocycles. The van der Waals surface area contributed by atoms with Crippen LogP contribution in [0.1, 0.15) is 17.4 Å². The second kappa shape index (κ2) is 9.61. The van der Waals surface area contributed by atoms with E-state index in [2.05, 4.69) is 9.97 Å². The molecule has 0 fully saturated rings. The average molecular weight is 350 g/mol. The van der Waals surface area contributed by atoms with Crippen LogP contribution in [0.5, 0.6) is 5.75 Å². The molecular weight excluding hydrogens is 332 g/mol. The molecule has 1 aromatic carbocycles. The molecule has 0 spiro atoms. The number of carbonyl (C=O) groups excluding carboxylic acids is 2. The van der Waals surface area contributed by atoms with E-state index in [9.17, 15) is 9.59 Å². The van der Waals surface area contributed by atoms with Gasteiger partial charge in [0.25, 0.3) is 0 Å². The van der Waals surface area contributed by atoms with Crippen LogP contribution in [0.25, 0.3) is 0 Å². The Morgan fingerprint density at radius 3 is 2.71 bits per heavy atom. The number of aromatic amines is 1. The smallest absolute Gasteiger partial charge is 0.356 e. The molecule has 0 saturated heterocycles.